The summed E-state index contributed by atoms with van der Waals surface area (Å²) < 4.78 is 5.34. The SMILES string of the molecule is COc1c(C)cc(NCC(C#N)C(C)C)cc1C. The molecular formula is C15H22N2O. The third-order valence-corrected chi connectivity index (χ3v) is 3.16. The van der Waals surface area contributed by atoms with Crippen LogP contribution in [0.4, 0.5) is 5.69 Å². The Balaban J connectivity index is 2.78. The van der Waals surface area contributed by atoms with Gasteiger partial charge in [0.05, 0.1) is 19.1 Å². The van der Waals surface area contributed by atoms with Gasteiger partial charge in [0.1, 0.15) is 5.75 Å². The van der Waals surface area contributed by atoms with Crippen LogP contribution in [-0.2, 0) is 0 Å². The Morgan fingerprint density at radius 3 is 2.22 bits per heavy atom. The van der Waals surface area contributed by atoms with E-state index in [4.69, 9.17) is 10.00 Å². The van der Waals surface area contributed by atoms with Crippen LogP contribution < -0.4 is 10.1 Å². The van der Waals surface area contributed by atoms with E-state index in [-0.39, 0.29) is 5.92 Å². The van der Waals surface area contributed by atoms with Gasteiger partial charge in [-0.2, -0.15) is 5.26 Å². The highest BCUT2D eigenvalue weighted by Crippen LogP contribution is 2.27. The van der Waals surface area contributed by atoms with Gasteiger partial charge in [-0.15, -0.1) is 0 Å². The molecule has 18 heavy (non-hydrogen) atoms. The molecule has 0 bridgehead atoms. The average molecular weight is 246 g/mol. The van der Waals surface area contributed by atoms with E-state index in [2.05, 4.69) is 37.4 Å². The van der Waals surface area contributed by atoms with Gasteiger partial charge in [-0.25, -0.2) is 0 Å². The number of methoxy groups -OCH3 is 1. The van der Waals surface area contributed by atoms with Gasteiger partial charge in [0, 0.05) is 12.2 Å². The Bertz CT molecular complexity index is 423. The van der Waals surface area contributed by atoms with Crippen molar-refractivity contribution in [3.05, 3.63) is 23.3 Å². The summed E-state index contributed by atoms with van der Waals surface area (Å²) in [7, 11) is 1.69. The first-order valence-corrected chi connectivity index (χ1v) is 6.28. The summed E-state index contributed by atoms with van der Waals surface area (Å²) in [5.41, 5.74) is 3.27. The molecule has 0 spiro atoms. The summed E-state index contributed by atoms with van der Waals surface area (Å²) in [4.78, 5) is 0. The second-order valence-electron chi connectivity index (χ2n) is 5.00. The predicted octanol–water partition coefficient (Wildman–Crippen LogP) is 3.52. The summed E-state index contributed by atoms with van der Waals surface area (Å²) in [5, 5.41) is 12.4. The molecule has 0 fully saturated rings. The predicted molar refractivity (Wildman–Crippen MR) is 74.9 cm³/mol. The number of nitrogens with zero attached hydrogens (tertiary/aromatic N) is 1. The lowest BCUT2D eigenvalue weighted by Crippen LogP contribution is -2.18. The van der Waals surface area contributed by atoms with E-state index in [0.29, 0.717) is 12.5 Å². The van der Waals surface area contributed by atoms with Gasteiger partial charge in [-0.05, 0) is 43.0 Å². The molecule has 3 nitrogen and oxygen atoms in total. The first-order chi connectivity index (χ1) is 8.49. The maximum absolute atomic E-state index is 9.06. The lowest BCUT2D eigenvalue weighted by molar-refractivity contribution is 0.408. The van der Waals surface area contributed by atoms with Crippen LogP contribution in [0.25, 0.3) is 0 Å². The van der Waals surface area contributed by atoms with Crippen LogP contribution in [0.15, 0.2) is 12.1 Å². The standard InChI is InChI=1S/C15H22N2O/c1-10(2)13(8-16)9-17-14-6-11(3)15(18-5)12(4)7-14/h6-7,10,13,17H,9H2,1-5H3. The van der Waals surface area contributed by atoms with E-state index >= 15 is 0 Å². The van der Waals surface area contributed by atoms with Gasteiger partial charge < -0.3 is 10.1 Å². The molecule has 1 rings (SSSR count). The fourth-order valence-electron chi connectivity index (χ4n) is 2.03. The Morgan fingerprint density at radius 1 is 1.28 bits per heavy atom. The van der Waals surface area contributed by atoms with Crippen molar-refractivity contribution < 1.29 is 4.74 Å². The third kappa shape index (κ3) is 3.40. The van der Waals surface area contributed by atoms with Crippen LogP contribution >= 0.6 is 0 Å². The van der Waals surface area contributed by atoms with Crippen molar-refractivity contribution in [2.24, 2.45) is 11.8 Å². The van der Waals surface area contributed by atoms with Crippen LogP contribution in [-0.4, -0.2) is 13.7 Å². The van der Waals surface area contributed by atoms with Crippen molar-refractivity contribution in [1.29, 1.82) is 5.26 Å². The van der Waals surface area contributed by atoms with E-state index in [0.717, 1.165) is 22.6 Å². The number of hydrogen-bond acceptors (Lipinski definition) is 3. The zero-order valence-corrected chi connectivity index (χ0v) is 11.9. The lowest BCUT2D eigenvalue weighted by atomic mass is 9.97. The fourth-order valence-corrected chi connectivity index (χ4v) is 2.03. The van der Waals surface area contributed by atoms with Crippen molar-refractivity contribution in [3.8, 4) is 11.8 Å². The van der Waals surface area contributed by atoms with E-state index in [1.165, 1.54) is 0 Å². The topological polar surface area (TPSA) is 45.0 Å². The minimum atomic E-state index is 0.0349. The molecule has 0 heterocycles. The smallest absolute Gasteiger partial charge is 0.124 e. The van der Waals surface area contributed by atoms with E-state index in [1.807, 2.05) is 13.8 Å². The molecule has 0 aromatic heterocycles. The molecule has 0 radical (unpaired) electrons. The number of benzene rings is 1. The van der Waals surface area contributed by atoms with Gasteiger partial charge in [-0.3, -0.25) is 0 Å². The van der Waals surface area contributed by atoms with Crippen LogP contribution in [0.5, 0.6) is 5.75 Å². The molecule has 0 saturated carbocycles. The zero-order chi connectivity index (χ0) is 13.7. The Morgan fingerprint density at radius 2 is 1.83 bits per heavy atom. The van der Waals surface area contributed by atoms with Gasteiger partial charge in [0.25, 0.3) is 0 Å². The van der Waals surface area contributed by atoms with Gasteiger partial charge in [0.15, 0.2) is 0 Å². The van der Waals surface area contributed by atoms with Crippen molar-refractivity contribution in [2.45, 2.75) is 27.7 Å². The molecule has 0 aliphatic heterocycles. The van der Waals surface area contributed by atoms with Crippen LogP contribution in [0.1, 0.15) is 25.0 Å². The molecule has 1 aromatic rings. The number of ether oxygens (including phenoxy) is 1. The van der Waals surface area contributed by atoms with Gasteiger partial charge >= 0.3 is 0 Å². The molecule has 98 valence electrons. The summed E-state index contributed by atoms with van der Waals surface area (Å²) in [6, 6.07) is 6.45. The zero-order valence-electron chi connectivity index (χ0n) is 11.9. The molecule has 1 unspecified atom stereocenters. The monoisotopic (exact) mass is 246 g/mol. The van der Waals surface area contributed by atoms with Crippen molar-refractivity contribution >= 4 is 5.69 Å². The quantitative estimate of drug-likeness (QED) is 0.864. The number of rotatable bonds is 5. The van der Waals surface area contributed by atoms with E-state index in [1.54, 1.807) is 7.11 Å². The maximum atomic E-state index is 9.06. The van der Waals surface area contributed by atoms with E-state index < -0.39 is 0 Å². The summed E-state index contributed by atoms with van der Waals surface area (Å²) in [6.45, 7) is 8.88. The summed E-state index contributed by atoms with van der Waals surface area (Å²) in [5.74, 6) is 1.33. The molecule has 1 aromatic carbocycles. The Hall–Kier alpha value is -1.69. The van der Waals surface area contributed by atoms with Crippen LogP contribution in [0, 0.1) is 37.0 Å². The second kappa shape index (κ2) is 6.30. The van der Waals surface area contributed by atoms with Crippen LogP contribution in [0.3, 0.4) is 0 Å². The van der Waals surface area contributed by atoms with Crippen molar-refractivity contribution in [2.75, 3.05) is 19.0 Å². The number of hydrogen-bond donors (Lipinski definition) is 1. The van der Waals surface area contributed by atoms with Crippen molar-refractivity contribution in [1.82, 2.24) is 0 Å². The number of anilines is 1. The Labute approximate surface area is 110 Å². The highest BCUT2D eigenvalue weighted by molar-refractivity contribution is 5.55. The normalized spacial score (nSPS) is 12.1. The molecular weight excluding hydrogens is 224 g/mol. The molecule has 0 amide bonds. The second-order valence-corrected chi connectivity index (χ2v) is 5.00. The minimum absolute atomic E-state index is 0.0349. The molecule has 1 N–H and O–H groups in total. The fraction of sp³-hybridized carbons (Fsp3) is 0.533. The number of nitrogens with one attached hydrogen (secondary N) is 1. The highest BCUT2D eigenvalue weighted by atomic mass is 16.5. The number of aryl methyl sites for hydroxylation is 2. The molecule has 0 aliphatic rings. The largest absolute Gasteiger partial charge is 0.496 e. The molecule has 0 saturated heterocycles. The van der Waals surface area contributed by atoms with E-state index in [9.17, 15) is 0 Å². The van der Waals surface area contributed by atoms with Gasteiger partial charge in [-0.1, -0.05) is 13.8 Å². The van der Waals surface area contributed by atoms with Gasteiger partial charge in [0.2, 0.25) is 0 Å². The Kier molecular flexibility index (Phi) is 5.03. The summed E-state index contributed by atoms with van der Waals surface area (Å²) in [6.07, 6.45) is 0. The minimum Gasteiger partial charge on any atom is -0.496 e. The third-order valence-electron chi connectivity index (χ3n) is 3.16. The maximum Gasteiger partial charge on any atom is 0.124 e. The molecule has 1 atom stereocenters. The lowest BCUT2D eigenvalue weighted by Gasteiger charge is -2.16. The number of nitriles is 1. The first kappa shape index (κ1) is 14.4. The highest BCUT2D eigenvalue weighted by Gasteiger charge is 2.12. The molecule has 0 aliphatic carbocycles. The van der Waals surface area contributed by atoms with Crippen LogP contribution in [0.2, 0.25) is 0 Å². The average Bonchev–Trinajstić information content (AvgIpc) is 2.29. The molecule has 3 heteroatoms. The first-order valence-electron chi connectivity index (χ1n) is 6.28. The summed E-state index contributed by atoms with van der Waals surface area (Å²) >= 11 is 0. The van der Waals surface area contributed by atoms with Crippen molar-refractivity contribution in [3.63, 3.8) is 0 Å².